The fraction of sp³-hybridized carbons (Fsp3) is 0.500. The van der Waals surface area contributed by atoms with Gasteiger partial charge < -0.3 is 19.6 Å². The van der Waals surface area contributed by atoms with Gasteiger partial charge in [0.1, 0.15) is 23.7 Å². The fourth-order valence-corrected chi connectivity index (χ4v) is 2.76. The van der Waals surface area contributed by atoms with E-state index in [9.17, 15) is 4.79 Å². The molecule has 126 valence electrons. The van der Waals surface area contributed by atoms with Gasteiger partial charge in [-0.05, 0) is 19.9 Å². The molecule has 4 rings (SSSR count). The molecule has 0 radical (unpaired) electrons. The molecule has 2 aromatic rings. The van der Waals surface area contributed by atoms with Crippen LogP contribution in [0.25, 0.3) is 0 Å². The van der Waals surface area contributed by atoms with Crippen LogP contribution in [0.4, 0.5) is 11.6 Å². The SMILES string of the molecule is CN1CCN(c2cc(NC(=O)c3cc(C4CC4)on3)ncn2)CC1. The first-order chi connectivity index (χ1) is 11.7. The van der Waals surface area contributed by atoms with Gasteiger partial charge in [0.25, 0.3) is 5.91 Å². The fourth-order valence-electron chi connectivity index (χ4n) is 2.76. The predicted octanol–water partition coefficient (Wildman–Crippen LogP) is 1.35. The van der Waals surface area contributed by atoms with Gasteiger partial charge in [0.15, 0.2) is 5.69 Å². The largest absolute Gasteiger partial charge is 0.360 e. The molecule has 0 aromatic carbocycles. The average molecular weight is 328 g/mol. The van der Waals surface area contributed by atoms with Crippen LogP contribution in [0, 0.1) is 0 Å². The lowest BCUT2D eigenvalue weighted by Crippen LogP contribution is -2.44. The molecule has 0 spiro atoms. The highest BCUT2D eigenvalue weighted by atomic mass is 16.5. The second kappa shape index (κ2) is 6.20. The monoisotopic (exact) mass is 328 g/mol. The van der Waals surface area contributed by atoms with Gasteiger partial charge in [0.2, 0.25) is 0 Å². The Morgan fingerprint density at radius 1 is 1.21 bits per heavy atom. The summed E-state index contributed by atoms with van der Waals surface area (Å²) in [4.78, 5) is 25.2. The van der Waals surface area contributed by atoms with Crippen molar-refractivity contribution in [2.24, 2.45) is 0 Å². The number of carbonyl (C=O) groups excluding carboxylic acids is 1. The van der Waals surface area contributed by atoms with E-state index in [0.29, 0.717) is 11.7 Å². The standard InChI is InChI=1S/C16H20N6O2/c1-21-4-6-22(7-5-21)15-9-14(17-10-18-15)19-16(23)12-8-13(24-20-12)11-2-3-11/h8-11H,2-7H2,1H3,(H,17,18,19,23). The van der Waals surface area contributed by atoms with Crippen molar-refractivity contribution in [3.63, 3.8) is 0 Å². The number of rotatable bonds is 4. The molecule has 1 amide bonds. The van der Waals surface area contributed by atoms with E-state index >= 15 is 0 Å². The number of nitrogens with zero attached hydrogens (tertiary/aromatic N) is 5. The van der Waals surface area contributed by atoms with E-state index in [0.717, 1.165) is 50.6 Å². The number of piperazine rings is 1. The van der Waals surface area contributed by atoms with Gasteiger partial charge in [-0.1, -0.05) is 5.16 Å². The Bertz CT molecular complexity index is 734. The van der Waals surface area contributed by atoms with Crippen LogP contribution in [0.2, 0.25) is 0 Å². The second-order valence-corrected chi connectivity index (χ2v) is 6.39. The summed E-state index contributed by atoms with van der Waals surface area (Å²) in [6.45, 7) is 3.81. The van der Waals surface area contributed by atoms with Gasteiger partial charge >= 0.3 is 0 Å². The molecular formula is C16H20N6O2. The van der Waals surface area contributed by atoms with E-state index < -0.39 is 0 Å². The van der Waals surface area contributed by atoms with Crippen molar-refractivity contribution in [2.45, 2.75) is 18.8 Å². The summed E-state index contributed by atoms with van der Waals surface area (Å²) in [6, 6.07) is 3.51. The van der Waals surface area contributed by atoms with Crippen LogP contribution in [0.1, 0.15) is 35.0 Å². The first-order valence-corrected chi connectivity index (χ1v) is 8.22. The van der Waals surface area contributed by atoms with E-state index in [-0.39, 0.29) is 11.6 Å². The van der Waals surface area contributed by atoms with Gasteiger partial charge in [-0.25, -0.2) is 9.97 Å². The van der Waals surface area contributed by atoms with Crippen molar-refractivity contribution in [1.82, 2.24) is 20.0 Å². The number of aromatic nitrogens is 3. The maximum absolute atomic E-state index is 12.3. The van der Waals surface area contributed by atoms with Crippen LogP contribution in [0.15, 0.2) is 23.0 Å². The van der Waals surface area contributed by atoms with Gasteiger partial charge in [-0.2, -0.15) is 0 Å². The minimum absolute atomic E-state index is 0.289. The predicted molar refractivity (Wildman–Crippen MR) is 88.2 cm³/mol. The first-order valence-electron chi connectivity index (χ1n) is 8.22. The first kappa shape index (κ1) is 15.1. The summed E-state index contributed by atoms with van der Waals surface area (Å²) in [5.74, 6) is 2.21. The van der Waals surface area contributed by atoms with E-state index in [1.807, 2.05) is 0 Å². The zero-order valence-electron chi connectivity index (χ0n) is 13.6. The highest BCUT2D eigenvalue weighted by Crippen LogP contribution is 2.40. The van der Waals surface area contributed by atoms with Crippen LogP contribution < -0.4 is 10.2 Å². The van der Waals surface area contributed by atoms with Gasteiger partial charge in [-0.15, -0.1) is 0 Å². The summed E-state index contributed by atoms with van der Waals surface area (Å²) < 4.78 is 5.22. The zero-order chi connectivity index (χ0) is 16.5. The summed E-state index contributed by atoms with van der Waals surface area (Å²) in [5.41, 5.74) is 0.289. The lowest BCUT2D eigenvalue weighted by Gasteiger charge is -2.33. The second-order valence-electron chi connectivity index (χ2n) is 6.39. The molecule has 8 heteroatoms. The van der Waals surface area contributed by atoms with Crippen LogP contribution in [0.3, 0.4) is 0 Å². The smallest absolute Gasteiger partial charge is 0.279 e. The molecule has 1 aliphatic carbocycles. The molecule has 1 saturated heterocycles. The minimum atomic E-state index is -0.311. The Morgan fingerprint density at radius 3 is 2.75 bits per heavy atom. The normalized spacial score (nSPS) is 18.6. The summed E-state index contributed by atoms with van der Waals surface area (Å²) in [5, 5.41) is 6.62. The summed E-state index contributed by atoms with van der Waals surface area (Å²) in [7, 11) is 2.11. The van der Waals surface area contributed by atoms with Crippen LogP contribution in [0.5, 0.6) is 0 Å². The van der Waals surface area contributed by atoms with Gasteiger partial charge in [0.05, 0.1) is 0 Å². The molecule has 0 atom stereocenters. The molecule has 0 unspecified atom stereocenters. The third kappa shape index (κ3) is 3.23. The number of anilines is 2. The van der Waals surface area contributed by atoms with Gasteiger partial charge in [-0.3, -0.25) is 4.79 Å². The molecular weight excluding hydrogens is 308 g/mol. The maximum Gasteiger partial charge on any atom is 0.279 e. The number of hydrogen-bond acceptors (Lipinski definition) is 7. The molecule has 1 N–H and O–H groups in total. The number of likely N-dealkylation sites (N-methyl/N-ethyl adjacent to an activating group) is 1. The van der Waals surface area contributed by atoms with Crippen molar-refractivity contribution in [3.05, 3.63) is 29.9 Å². The van der Waals surface area contributed by atoms with Crippen LogP contribution in [-0.2, 0) is 0 Å². The molecule has 8 nitrogen and oxygen atoms in total. The Hall–Kier alpha value is -2.48. The number of nitrogens with one attached hydrogen (secondary N) is 1. The zero-order valence-corrected chi connectivity index (χ0v) is 13.6. The Kier molecular flexibility index (Phi) is 3.89. The average Bonchev–Trinajstić information content (AvgIpc) is 3.32. The molecule has 2 fully saturated rings. The Morgan fingerprint density at radius 2 is 2.00 bits per heavy atom. The molecule has 1 aliphatic heterocycles. The molecule has 24 heavy (non-hydrogen) atoms. The molecule has 2 aliphatic rings. The lowest BCUT2D eigenvalue weighted by atomic mass is 10.3. The number of carbonyl (C=O) groups is 1. The minimum Gasteiger partial charge on any atom is -0.360 e. The van der Waals surface area contributed by atoms with E-state index in [1.54, 1.807) is 12.1 Å². The van der Waals surface area contributed by atoms with Crippen molar-refractivity contribution in [2.75, 3.05) is 43.4 Å². The number of amides is 1. The molecule has 1 saturated carbocycles. The third-order valence-corrected chi connectivity index (χ3v) is 4.46. The Labute approximate surface area is 139 Å². The van der Waals surface area contributed by atoms with Crippen molar-refractivity contribution >= 4 is 17.5 Å². The lowest BCUT2D eigenvalue weighted by molar-refractivity contribution is 0.101. The van der Waals surface area contributed by atoms with Crippen LogP contribution >= 0.6 is 0 Å². The van der Waals surface area contributed by atoms with E-state index in [2.05, 4.69) is 37.3 Å². The highest BCUT2D eigenvalue weighted by Gasteiger charge is 2.29. The Balaban J connectivity index is 1.43. The molecule has 3 heterocycles. The van der Waals surface area contributed by atoms with E-state index in [1.165, 1.54) is 6.33 Å². The summed E-state index contributed by atoms with van der Waals surface area (Å²) in [6.07, 6.45) is 3.69. The molecule has 2 aromatic heterocycles. The quantitative estimate of drug-likeness (QED) is 0.906. The number of hydrogen-bond donors (Lipinski definition) is 1. The maximum atomic E-state index is 12.3. The topological polar surface area (TPSA) is 87.4 Å². The highest BCUT2D eigenvalue weighted by molar-refractivity contribution is 6.02. The van der Waals surface area contributed by atoms with Gasteiger partial charge in [0, 0.05) is 44.2 Å². The molecule has 0 bridgehead atoms. The van der Waals surface area contributed by atoms with E-state index in [4.69, 9.17) is 4.52 Å². The van der Waals surface area contributed by atoms with Crippen molar-refractivity contribution < 1.29 is 9.32 Å². The van der Waals surface area contributed by atoms with Crippen LogP contribution in [-0.4, -0.2) is 59.2 Å². The van der Waals surface area contributed by atoms with Crippen molar-refractivity contribution in [1.29, 1.82) is 0 Å². The summed E-state index contributed by atoms with van der Waals surface area (Å²) >= 11 is 0. The third-order valence-electron chi connectivity index (χ3n) is 4.46. The van der Waals surface area contributed by atoms with Crippen molar-refractivity contribution in [3.8, 4) is 0 Å².